The molecule has 0 aromatic heterocycles. The number of aryl methyl sites for hydroxylation is 1. The quantitative estimate of drug-likeness (QED) is 0.896. The predicted octanol–water partition coefficient (Wildman–Crippen LogP) is 2.28. The number of benzene rings is 2. The molecule has 0 saturated carbocycles. The van der Waals surface area contributed by atoms with Crippen molar-refractivity contribution in [3.63, 3.8) is 0 Å². The van der Waals surface area contributed by atoms with Crippen LogP contribution in [0.1, 0.15) is 39.5 Å². The van der Waals surface area contributed by atoms with Gasteiger partial charge in [0.2, 0.25) is 11.8 Å². The van der Waals surface area contributed by atoms with E-state index in [1.54, 1.807) is 24.3 Å². The van der Waals surface area contributed by atoms with Gasteiger partial charge in [-0.15, -0.1) is 0 Å². The van der Waals surface area contributed by atoms with Gasteiger partial charge in [0.25, 0.3) is 0 Å². The van der Waals surface area contributed by atoms with Crippen molar-refractivity contribution >= 4 is 17.8 Å². The second kappa shape index (κ2) is 6.76. The zero-order valence-electron chi connectivity index (χ0n) is 13.9. The highest BCUT2D eigenvalue weighted by atomic mass is 16.2. The van der Waals surface area contributed by atoms with Crippen LogP contribution in [-0.4, -0.2) is 22.7 Å². The summed E-state index contributed by atoms with van der Waals surface area (Å²) < 4.78 is 0. The molecule has 0 spiro atoms. The Morgan fingerprint density at radius 1 is 1.20 bits per heavy atom. The average molecular weight is 337 g/mol. The Bertz CT molecular complexity index is 829. The molecule has 1 heterocycles. The number of primary amides is 1. The third-order valence-electron chi connectivity index (χ3n) is 4.22. The molecule has 0 radical (unpaired) electrons. The average Bonchev–Trinajstić information content (AvgIpc) is 2.58. The molecule has 1 saturated heterocycles. The summed E-state index contributed by atoms with van der Waals surface area (Å²) in [6.07, 6.45) is 0.199. The largest absolute Gasteiger partial charge is 0.366 e. The minimum atomic E-state index is -0.546. The number of imide groups is 1. The van der Waals surface area contributed by atoms with E-state index < -0.39 is 11.9 Å². The molecule has 1 fully saturated rings. The second-order valence-electron chi connectivity index (χ2n) is 6.16. The highest BCUT2D eigenvalue weighted by Crippen LogP contribution is 2.24. The number of carbonyl (C=O) groups excluding carboxylic acids is 3. The van der Waals surface area contributed by atoms with E-state index in [2.05, 4.69) is 5.32 Å². The Morgan fingerprint density at radius 2 is 1.96 bits per heavy atom. The Kier molecular flexibility index (Phi) is 4.52. The molecule has 0 aliphatic carbocycles. The van der Waals surface area contributed by atoms with Gasteiger partial charge >= 0.3 is 6.03 Å². The van der Waals surface area contributed by atoms with Crippen LogP contribution in [0.5, 0.6) is 0 Å². The van der Waals surface area contributed by atoms with Gasteiger partial charge in [0.1, 0.15) is 0 Å². The molecule has 2 aromatic carbocycles. The molecule has 6 nitrogen and oxygen atoms in total. The van der Waals surface area contributed by atoms with Gasteiger partial charge in [0, 0.05) is 5.56 Å². The fourth-order valence-electron chi connectivity index (χ4n) is 2.93. The van der Waals surface area contributed by atoms with Crippen molar-refractivity contribution in [3.05, 3.63) is 70.8 Å². The van der Waals surface area contributed by atoms with Crippen molar-refractivity contribution in [3.8, 4) is 0 Å². The molecule has 1 unspecified atom stereocenters. The maximum absolute atomic E-state index is 12.5. The molecule has 128 valence electrons. The first-order valence-electron chi connectivity index (χ1n) is 8.00. The van der Waals surface area contributed by atoms with E-state index in [0.717, 1.165) is 16.0 Å². The lowest BCUT2D eigenvalue weighted by Gasteiger charge is -2.31. The van der Waals surface area contributed by atoms with Crippen LogP contribution in [0.2, 0.25) is 0 Å². The van der Waals surface area contributed by atoms with Gasteiger partial charge < -0.3 is 11.1 Å². The first kappa shape index (κ1) is 16.7. The van der Waals surface area contributed by atoms with Crippen LogP contribution in [0, 0.1) is 6.92 Å². The van der Waals surface area contributed by atoms with Gasteiger partial charge in [-0.1, -0.05) is 42.0 Å². The molecule has 6 heteroatoms. The number of urea groups is 1. The summed E-state index contributed by atoms with van der Waals surface area (Å²) in [4.78, 5) is 37.3. The molecule has 3 N–H and O–H groups in total. The molecular formula is C19H19N3O3. The number of nitrogens with two attached hydrogens (primary N) is 1. The summed E-state index contributed by atoms with van der Waals surface area (Å²) in [6, 6.07) is 13.6. The van der Waals surface area contributed by atoms with Crippen LogP contribution < -0.4 is 11.1 Å². The van der Waals surface area contributed by atoms with E-state index in [-0.39, 0.29) is 24.9 Å². The zero-order valence-corrected chi connectivity index (χ0v) is 13.9. The van der Waals surface area contributed by atoms with Gasteiger partial charge in [0.15, 0.2) is 0 Å². The van der Waals surface area contributed by atoms with E-state index >= 15 is 0 Å². The van der Waals surface area contributed by atoms with E-state index in [1.807, 2.05) is 31.2 Å². The normalized spacial score (nSPS) is 17.3. The minimum absolute atomic E-state index is 0.103. The van der Waals surface area contributed by atoms with Crippen LogP contribution in [0.3, 0.4) is 0 Å². The highest BCUT2D eigenvalue weighted by molar-refractivity contribution is 5.97. The van der Waals surface area contributed by atoms with Crippen molar-refractivity contribution in [1.82, 2.24) is 10.2 Å². The lowest BCUT2D eigenvalue weighted by Crippen LogP contribution is -2.50. The Hall–Kier alpha value is -3.15. The number of hydrogen-bond donors (Lipinski definition) is 2. The van der Waals surface area contributed by atoms with Crippen molar-refractivity contribution < 1.29 is 14.4 Å². The van der Waals surface area contributed by atoms with E-state index in [9.17, 15) is 14.4 Å². The lowest BCUT2D eigenvalue weighted by atomic mass is 9.99. The van der Waals surface area contributed by atoms with Crippen LogP contribution in [0.25, 0.3) is 0 Å². The zero-order chi connectivity index (χ0) is 18.0. The van der Waals surface area contributed by atoms with E-state index in [1.165, 1.54) is 0 Å². The fourth-order valence-corrected chi connectivity index (χ4v) is 2.93. The molecule has 1 atom stereocenters. The smallest absolute Gasteiger partial charge is 0.324 e. The topological polar surface area (TPSA) is 92.5 Å². The predicted molar refractivity (Wildman–Crippen MR) is 92.6 cm³/mol. The molecule has 4 amide bonds. The van der Waals surface area contributed by atoms with Gasteiger partial charge in [0.05, 0.1) is 19.0 Å². The number of rotatable bonds is 4. The molecule has 1 aliphatic heterocycles. The van der Waals surface area contributed by atoms with Crippen LogP contribution >= 0.6 is 0 Å². The number of nitrogens with one attached hydrogen (secondary N) is 1. The molecule has 0 bridgehead atoms. The fraction of sp³-hybridized carbons (Fsp3) is 0.211. The summed E-state index contributed by atoms with van der Waals surface area (Å²) in [5.74, 6) is -0.796. The van der Waals surface area contributed by atoms with E-state index in [4.69, 9.17) is 5.73 Å². The summed E-state index contributed by atoms with van der Waals surface area (Å²) in [5, 5.41) is 2.87. The summed E-state index contributed by atoms with van der Waals surface area (Å²) >= 11 is 0. The number of nitrogens with zero attached hydrogens (tertiary/aromatic N) is 1. The minimum Gasteiger partial charge on any atom is -0.366 e. The number of amides is 4. The number of carbonyl (C=O) groups is 3. The first-order chi connectivity index (χ1) is 11.9. The SMILES string of the molecule is Cc1cccc(C2CC(=O)N(Cc3cccc(C(N)=O)c3)C(=O)N2)c1. The van der Waals surface area contributed by atoms with Crippen molar-refractivity contribution in [2.24, 2.45) is 5.73 Å². The third-order valence-corrected chi connectivity index (χ3v) is 4.22. The summed E-state index contributed by atoms with van der Waals surface area (Å²) in [6.45, 7) is 2.07. The molecule has 3 rings (SSSR count). The van der Waals surface area contributed by atoms with Crippen LogP contribution in [-0.2, 0) is 11.3 Å². The number of hydrogen-bond acceptors (Lipinski definition) is 3. The Labute approximate surface area is 145 Å². The Morgan fingerprint density at radius 3 is 2.64 bits per heavy atom. The van der Waals surface area contributed by atoms with Gasteiger partial charge in [-0.05, 0) is 30.2 Å². The first-order valence-corrected chi connectivity index (χ1v) is 8.00. The Balaban J connectivity index is 1.75. The van der Waals surface area contributed by atoms with Gasteiger partial charge in [-0.2, -0.15) is 0 Å². The molecule has 1 aliphatic rings. The standard InChI is InChI=1S/C19H19N3O3/c1-12-4-2-6-14(8-12)16-10-17(23)22(19(25)21-16)11-13-5-3-7-15(9-13)18(20)24/h2-9,16H,10-11H2,1H3,(H2,20,24)(H,21,25). The highest BCUT2D eigenvalue weighted by Gasteiger charge is 2.32. The second-order valence-corrected chi connectivity index (χ2v) is 6.16. The maximum Gasteiger partial charge on any atom is 0.324 e. The van der Waals surface area contributed by atoms with Crippen molar-refractivity contribution in [2.45, 2.75) is 25.9 Å². The van der Waals surface area contributed by atoms with Gasteiger partial charge in [-0.25, -0.2) is 4.79 Å². The summed E-state index contributed by atoms with van der Waals surface area (Å²) in [7, 11) is 0. The maximum atomic E-state index is 12.5. The third kappa shape index (κ3) is 3.68. The molecular weight excluding hydrogens is 318 g/mol. The van der Waals surface area contributed by atoms with Crippen LogP contribution in [0.15, 0.2) is 48.5 Å². The summed E-state index contributed by atoms with van der Waals surface area (Å²) in [5.41, 5.74) is 8.28. The monoisotopic (exact) mass is 337 g/mol. The van der Waals surface area contributed by atoms with Crippen molar-refractivity contribution in [1.29, 1.82) is 0 Å². The van der Waals surface area contributed by atoms with E-state index in [0.29, 0.717) is 11.1 Å². The van der Waals surface area contributed by atoms with Crippen LogP contribution in [0.4, 0.5) is 4.79 Å². The lowest BCUT2D eigenvalue weighted by molar-refractivity contribution is -0.130. The molecule has 25 heavy (non-hydrogen) atoms. The van der Waals surface area contributed by atoms with Gasteiger partial charge in [-0.3, -0.25) is 14.5 Å². The van der Waals surface area contributed by atoms with Crippen molar-refractivity contribution in [2.75, 3.05) is 0 Å². The molecule has 2 aromatic rings.